The number of halogens is 3. The summed E-state index contributed by atoms with van der Waals surface area (Å²) in [5, 5.41) is 25.1. The van der Waals surface area contributed by atoms with Gasteiger partial charge in [-0.2, -0.15) is 23.5 Å². The Bertz CT molecular complexity index is 1320. The van der Waals surface area contributed by atoms with Crippen LogP contribution in [-0.2, 0) is 18.0 Å². The van der Waals surface area contributed by atoms with Gasteiger partial charge in [0.05, 0.1) is 34.9 Å². The molecule has 3 aromatic rings. The van der Waals surface area contributed by atoms with Crippen molar-refractivity contribution >= 4 is 0 Å². The molecule has 0 unspecified atom stereocenters. The average Bonchev–Trinajstić information content (AvgIpc) is 3.23. The van der Waals surface area contributed by atoms with Crippen molar-refractivity contribution in [1.82, 2.24) is 24.7 Å². The molecule has 0 bridgehead atoms. The molecule has 0 saturated heterocycles. The fourth-order valence-electron chi connectivity index (χ4n) is 5.61. The van der Waals surface area contributed by atoms with Crippen LogP contribution < -0.4 is 0 Å². The van der Waals surface area contributed by atoms with Crippen LogP contribution in [-0.4, -0.2) is 29.8 Å². The number of pyridine rings is 1. The summed E-state index contributed by atoms with van der Waals surface area (Å²) < 4.78 is 41.0. The lowest BCUT2D eigenvalue weighted by atomic mass is 9.56. The number of rotatable bonds is 2. The van der Waals surface area contributed by atoms with Crippen LogP contribution in [0.4, 0.5) is 13.2 Å². The summed E-state index contributed by atoms with van der Waals surface area (Å²) in [6.07, 6.45) is 1.38. The fourth-order valence-corrected chi connectivity index (χ4v) is 5.61. The van der Waals surface area contributed by atoms with E-state index >= 15 is 0 Å². The standard InChI is InChI=1S/C24H21F3N6O/c1-13-17-5-4-16-20(18-7-8-29-12-31-18)32-33(15-3-6-19(30-11-15)24(25,26)27)22(16)23(17,2)9-14(10-28)21(13)34/h3,6-8,11-13,17,34H,4-5,9H2,1-2H3/t13-,17-,23-/m1/s1. The minimum Gasteiger partial charge on any atom is -0.511 e. The zero-order valence-corrected chi connectivity index (χ0v) is 18.5. The van der Waals surface area contributed by atoms with E-state index in [2.05, 4.69) is 21.0 Å². The number of nitriles is 1. The van der Waals surface area contributed by atoms with E-state index in [0.29, 0.717) is 35.5 Å². The van der Waals surface area contributed by atoms with Gasteiger partial charge >= 0.3 is 6.18 Å². The van der Waals surface area contributed by atoms with E-state index in [0.717, 1.165) is 29.9 Å². The molecular formula is C24H21F3N6O. The molecule has 2 aliphatic rings. The molecule has 1 N–H and O–H groups in total. The molecule has 7 nitrogen and oxygen atoms in total. The molecule has 5 rings (SSSR count). The number of fused-ring (bicyclic) bond motifs is 3. The molecule has 3 aromatic heterocycles. The second kappa shape index (κ2) is 7.65. The minimum absolute atomic E-state index is 0.0215. The average molecular weight is 466 g/mol. The lowest BCUT2D eigenvalue weighted by Crippen LogP contribution is -2.45. The van der Waals surface area contributed by atoms with Crippen molar-refractivity contribution < 1.29 is 18.3 Å². The molecule has 3 atom stereocenters. The maximum Gasteiger partial charge on any atom is 0.433 e. The Morgan fingerprint density at radius 2 is 2.03 bits per heavy atom. The molecular weight excluding hydrogens is 445 g/mol. The molecule has 34 heavy (non-hydrogen) atoms. The Morgan fingerprint density at radius 1 is 1.24 bits per heavy atom. The van der Waals surface area contributed by atoms with Crippen LogP contribution in [0.1, 0.15) is 43.6 Å². The predicted octanol–water partition coefficient (Wildman–Crippen LogP) is 4.94. The van der Waals surface area contributed by atoms with E-state index in [4.69, 9.17) is 5.10 Å². The zero-order chi connectivity index (χ0) is 24.3. The van der Waals surface area contributed by atoms with Crippen LogP contribution in [0.3, 0.4) is 0 Å². The van der Waals surface area contributed by atoms with Gasteiger partial charge < -0.3 is 5.11 Å². The molecule has 0 spiro atoms. The molecule has 2 aliphatic carbocycles. The van der Waals surface area contributed by atoms with E-state index in [9.17, 15) is 23.5 Å². The van der Waals surface area contributed by atoms with E-state index < -0.39 is 17.3 Å². The first-order chi connectivity index (χ1) is 16.1. The predicted molar refractivity (Wildman–Crippen MR) is 116 cm³/mol. The second-order valence-electron chi connectivity index (χ2n) is 9.09. The first-order valence-corrected chi connectivity index (χ1v) is 10.9. The summed E-state index contributed by atoms with van der Waals surface area (Å²) in [7, 11) is 0. The van der Waals surface area contributed by atoms with Gasteiger partial charge in [0, 0.05) is 23.1 Å². The van der Waals surface area contributed by atoms with E-state index in [1.54, 1.807) is 16.9 Å². The third-order valence-electron chi connectivity index (χ3n) is 7.18. The number of aromatic nitrogens is 5. The van der Waals surface area contributed by atoms with Gasteiger partial charge in [0.25, 0.3) is 0 Å². The number of aliphatic hydroxyl groups excluding tert-OH is 1. The zero-order valence-electron chi connectivity index (χ0n) is 18.5. The van der Waals surface area contributed by atoms with Gasteiger partial charge in [0.15, 0.2) is 0 Å². The third kappa shape index (κ3) is 3.26. The maximum atomic E-state index is 13.1. The molecule has 0 aliphatic heterocycles. The van der Waals surface area contributed by atoms with Crippen LogP contribution in [0.15, 0.2) is 48.3 Å². The normalized spacial score (nSPS) is 24.4. The molecule has 0 fully saturated rings. The fraction of sp³-hybridized carbons (Fsp3) is 0.375. The van der Waals surface area contributed by atoms with Crippen molar-refractivity contribution in [2.24, 2.45) is 11.8 Å². The van der Waals surface area contributed by atoms with Crippen molar-refractivity contribution in [3.05, 3.63) is 65.2 Å². The minimum atomic E-state index is -4.55. The van der Waals surface area contributed by atoms with Gasteiger partial charge in [-0.15, -0.1) is 0 Å². The number of hydrogen-bond donors (Lipinski definition) is 1. The highest BCUT2D eigenvalue weighted by molar-refractivity contribution is 5.63. The topological polar surface area (TPSA) is 101 Å². The highest BCUT2D eigenvalue weighted by atomic mass is 19.4. The second-order valence-corrected chi connectivity index (χ2v) is 9.09. The summed E-state index contributed by atoms with van der Waals surface area (Å²) in [4.78, 5) is 11.9. The highest BCUT2D eigenvalue weighted by Gasteiger charge is 2.51. The SMILES string of the molecule is C[C@H]1C(O)=C(C#N)C[C@@]2(C)c3c(c(-c4ccncn4)nn3-c3ccc(C(F)(F)F)nc3)CC[C@H]12. The number of hydrogen-bond acceptors (Lipinski definition) is 6. The number of nitrogens with zero attached hydrogens (tertiary/aromatic N) is 6. The van der Waals surface area contributed by atoms with Crippen molar-refractivity contribution in [3.63, 3.8) is 0 Å². The van der Waals surface area contributed by atoms with Crippen molar-refractivity contribution in [2.45, 2.75) is 44.7 Å². The molecule has 174 valence electrons. The van der Waals surface area contributed by atoms with Gasteiger partial charge in [0.2, 0.25) is 0 Å². The monoisotopic (exact) mass is 466 g/mol. The number of allylic oxidation sites excluding steroid dienone is 2. The van der Waals surface area contributed by atoms with Gasteiger partial charge in [-0.25, -0.2) is 19.6 Å². The molecule has 3 heterocycles. The van der Waals surface area contributed by atoms with E-state index in [1.807, 2.05) is 13.8 Å². The van der Waals surface area contributed by atoms with Crippen molar-refractivity contribution in [1.29, 1.82) is 5.26 Å². The Morgan fingerprint density at radius 3 is 2.65 bits per heavy atom. The van der Waals surface area contributed by atoms with Gasteiger partial charge in [0.1, 0.15) is 23.5 Å². The van der Waals surface area contributed by atoms with Crippen LogP contribution in [0.25, 0.3) is 17.1 Å². The first kappa shape index (κ1) is 22.1. The maximum absolute atomic E-state index is 13.1. The Hall–Kier alpha value is -3.74. The first-order valence-electron chi connectivity index (χ1n) is 10.9. The number of alkyl halides is 3. The van der Waals surface area contributed by atoms with Crippen LogP contribution >= 0.6 is 0 Å². The van der Waals surface area contributed by atoms with Crippen LogP contribution in [0.2, 0.25) is 0 Å². The van der Waals surface area contributed by atoms with Crippen LogP contribution in [0.5, 0.6) is 0 Å². The van der Waals surface area contributed by atoms with E-state index in [1.165, 1.54) is 12.4 Å². The summed E-state index contributed by atoms with van der Waals surface area (Å²) in [5.74, 6) is -0.0990. The number of aliphatic hydroxyl groups is 1. The van der Waals surface area contributed by atoms with Gasteiger partial charge in [-0.05, 0) is 43.4 Å². The molecule has 0 aromatic carbocycles. The molecule has 0 amide bonds. The summed E-state index contributed by atoms with van der Waals surface area (Å²) in [6, 6.07) is 6.16. The van der Waals surface area contributed by atoms with Crippen LogP contribution in [0, 0.1) is 23.2 Å². The molecule has 10 heteroatoms. The Kier molecular flexibility index (Phi) is 4.97. The van der Waals surface area contributed by atoms with Gasteiger partial charge in [-0.3, -0.25) is 0 Å². The lowest BCUT2D eigenvalue weighted by molar-refractivity contribution is -0.141. The third-order valence-corrected chi connectivity index (χ3v) is 7.18. The summed E-state index contributed by atoms with van der Waals surface area (Å²) in [5.41, 5.74) is 2.12. The molecule has 0 saturated carbocycles. The lowest BCUT2D eigenvalue weighted by Gasteiger charge is -2.47. The Labute approximate surface area is 193 Å². The largest absolute Gasteiger partial charge is 0.511 e. The highest BCUT2D eigenvalue weighted by Crippen LogP contribution is 2.54. The summed E-state index contributed by atoms with van der Waals surface area (Å²) >= 11 is 0. The molecule has 0 radical (unpaired) electrons. The van der Waals surface area contributed by atoms with Crippen molar-refractivity contribution in [2.75, 3.05) is 0 Å². The Balaban J connectivity index is 1.75. The van der Waals surface area contributed by atoms with E-state index in [-0.39, 0.29) is 17.6 Å². The quantitative estimate of drug-likeness (QED) is 0.574. The smallest absolute Gasteiger partial charge is 0.433 e. The summed E-state index contributed by atoms with van der Waals surface area (Å²) in [6.45, 7) is 3.95. The van der Waals surface area contributed by atoms with Crippen molar-refractivity contribution in [3.8, 4) is 23.1 Å². The van der Waals surface area contributed by atoms with Gasteiger partial charge in [-0.1, -0.05) is 13.8 Å².